The summed E-state index contributed by atoms with van der Waals surface area (Å²) >= 11 is 0. The Hall–Kier alpha value is -0.850. The van der Waals surface area contributed by atoms with Crippen LogP contribution in [0, 0.1) is 29.5 Å². The number of benzene rings is 1. The molecular weight excluding hydrogens is 343 g/mol. The molecule has 0 heterocycles. The summed E-state index contributed by atoms with van der Waals surface area (Å²) in [6.45, 7) is 2.32. The highest BCUT2D eigenvalue weighted by Crippen LogP contribution is 2.43. The van der Waals surface area contributed by atoms with Crippen LogP contribution in [0.5, 0.6) is 0 Å². The van der Waals surface area contributed by atoms with Crippen molar-refractivity contribution in [2.45, 2.75) is 110 Å². The molecule has 158 valence electrons. The second kappa shape index (κ2) is 12.0. The van der Waals surface area contributed by atoms with E-state index in [1.807, 2.05) is 12.1 Å². The van der Waals surface area contributed by atoms with Crippen LogP contribution in [0.25, 0.3) is 0 Å². The summed E-state index contributed by atoms with van der Waals surface area (Å²) in [6, 6.07) is 7.07. The maximum absolute atomic E-state index is 13.0. The van der Waals surface area contributed by atoms with Gasteiger partial charge in [0.2, 0.25) is 0 Å². The molecule has 3 rings (SSSR count). The molecule has 2 aliphatic carbocycles. The minimum Gasteiger partial charge on any atom is -0.207 e. The Labute approximate surface area is 173 Å². The molecule has 0 aliphatic heterocycles. The average molecular weight is 387 g/mol. The van der Waals surface area contributed by atoms with Crippen LogP contribution in [0.4, 0.5) is 4.39 Å². The molecule has 2 fully saturated rings. The molecular formula is C27H43F. The normalized spacial score (nSPS) is 28.4. The molecule has 1 aromatic carbocycles. The van der Waals surface area contributed by atoms with Gasteiger partial charge in [0.1, 0.15) is 5.82 Å². The molecule has 0 bridgehead atoms. The molecule has 2 saturated carbocycles. The van der Waals surface area contributed by atoms with E-state index >= 15 is 0 Å². The van der Waals surface area contributed by atoms with Crippen molar-refractivity contribution >= 4 is 0 Å². The maximum Gasteiger partial charge on any atom is 0.123 e. The van der Waals surface area contributed by atoms with Crippen LogP contribution in [0.2, 0.25) is 0 Å². The Morgan fingerprint density at radius 1 is 0.679 bits per heavy atom. The topological polar surface area (TPSA) is 0 Å². The zero-order valence-corrected chi connectivity index (χ0v) is 18.3. The van der Waals surface area contributed by atoms with Crippen molar-refractivity contribution in [3.63, 3.8) is 0 Å². The van der Waals surface area contributed by atoms with Gasteiger partial charge in [0, 0.05) is 0 Å². The predicted molar refractivity (Wildman–Crippen MR) is 119 cm³/mol. The molecule has 0 amide bonds. The van der Waals surface area contributed by atoms with Gasteiger partial charge in [-0.05, 0) is 79.9 Å². The summed E-state index contributed by atoms with van der Waals surface area (Å²) in [4.78, 5) is 0. The molecule has 0 nitrogen and oxygen atoms in total. The van der Waals surface area contributed by atoms with Gasteiger partial charge in [-0.15, -0.1) is 0 Å². The van der Waals surface area contributed by atoms with Crippen LogP contribution >= 0.6 is 0 Å². The molecule has 0 unspecified atom stereocenters. The largest absolute Gasteiger partial charge is 0.207 e. The first-order chi connectivity index (χ1) is 13.7. The third kappa shape index (κ3) is 7.20. The Bertz CT molecular complexity index is 518. The molecule has 0 N–H and O–H groups in total. The average Bonchev–Trinajstić information content (AvgIpc) is 2.74. The van der Waals surface area contributed by atoms with Gasteiger partial charge in [0.25, 0.3) is 0 Å². The highest BCUT2D eigenvalue weighted by atomic mass is 19.1. The SMILES string of the molecule is CCCCC[C@H]1CC[C@H](C2CCC(CCCCc3ccc(F)cc3)CC2)CC1. The van der Waals surface area contributed by atoms with Crippen molar-refractivity contribution in [2.24, 2.45) is 23.7 Å². The number of unbranched alkanes of at least 4 members (excludes halogenated alkanes) is 3. The Morgan fingerprint density at radius 2 is 1.18 bits per heavy atom. The Morgan fingerprint density at radius 3 is 1.68 bits per heavy atom. The first-order valence-electron chi connectivity index (χ1n) is 12.5. The molecule has 0 saturated heterocycles. The van der Waals surface area contributed by atoms with Crippen molar-refractivity contribution in [3.8, 4) is 0 Å². The predicted octanol–water partition coefficient (Wildman–Crippen LogP) is 8.73. The second-order valence-electron chi connectivity index (χ2n) is 9.93. The van der Waals surface area contributed by atoms with Gasteiger partial charge in [-0.1, -0.05) is 83.3 Å². The Balaban J connectivity index is 1.25. The van der Waals surface area contributed by atoms with Gasteiger partial charge in [0.15, 0.2) is 0 Å². The van der Waals surface area contributed by atoms with E-state index in [1.165, 1.54) is 102 Å². The Kier molecular flexibility index (Phi) is 9.35. The van der Waals surface area contributed by atoms with Crippen molar-refractivity contribution in [2.75, 3.05) is 0 Å². The molecule has 0 spiro atoms. The molecule has 0 atom stereocenters. The van der Waals surface area contributed by atoms with E-state index in [2.05, 4.69) is 6.92 Å². The lowest BCUT2D eigenvalue weighted by Crippen LogP contribution is -2.25. The molecule has 1 aromatic rings. The van der Waals surface area contributed by atoms with Crippen LogP contribution < -0.4 is 0 Å². The number of aryl methyl sites for hydroxylation is 1. The fraction of sp³-hybridized carbons (Fsp3) is 0.778. The van der Waals surface area contributed by atoms with Crippen LogP contribution in [0.1, 0.15) is 109 Å². The van der Waals surface area contributed by atoms with E-state index in [0.29, 0.717) is 0 Å². The second-order valence-corrected chi connectivity index (χ2v) is 9.93. The lowest BCUT2D eigenvalue weighted by Gasteiger charge is -2.38. The zero-order chi connectivity index (χ0) is 19.6. The van der Waals surface area contributed by atoms with Crippen molar-refractivity contribution in [1.82, 2.24) is 0 Å². The number of halogens is 1. The lowest BCUT2D eigenvalue weighted by molar-refractivity contribution is 0.139. The minimum atomic E-state index is -0.120. The first-order valence-corrected chi connectivity index (χ1v) is 12.5. The summed E-state index contributed by atoms with van der Waals surface area (Å²) in [6.07, 6.45) is 23.0. The summed E-state index contributed by atoms with van der Waals surface area (Å²) in [5, 5.41) is 0. The highest BCUT2D eigenvalue weighted by Gasteiger charge is 2.30. The van der Waals surface area contributed by atoms with Gasteiger partial charge < -0.3 is 0 Å². The number of hydrogen-bond donors (Lipinski definition) is 0. The fourth-order valence-electron chi connectivity index (χ4n) is 5.99. The highest BCUT2D eigenvalue weighted by molar-refractivity contribution is 5.15. The van der Waals surface area contributed by atoms with E-state index in [-0.39, 0.29) is 5.82 Å². The molecule has 28 heavy (non-hydrogen) atoms. The molecule has 1 heteroatoms. The van der Waals surface area contributed by atoms with Crippen molar-refractivity contribution in [3.05, 3.63) is 35.6 Å². The minimum absolute atomic E-state index is 0.120. The maximum atomic E-state index is 13.0. The van der Waals surface area contributed by atoms with Gasteiger partial charge in [0.05, 0.1) is 0 Å². The van der Waals surface area contributed by atoms with Gasteiger partial charge >= 0.3 is 0 Å². The van der Waals surface area contributed by atoms with E-state index < -0.39 is 0 Å². The van der Waals surface area contributed by atoms with E-state index in [0.717, 1.165) is 30.1 Å². The van der Waals surface area contributed by atoms with E-state index in [1.54, 1.807) is 12.1 Å². The fourth-order valence-corrected chi connectivity index (χ4v) is 5.99. The lowest BCUT2D eigenvalue weighted by atomic mass is 9.68. The smallest absolute Gasteiger partial charge is 0.123 e. The third-order valence-corrected chi connectivity index (χ3v) is 7.91. The number of rotatable bonds is 10. The van der Waals surface area contributed by atoms with Gasteiger partial charge in [-0.25, -0.2) is 4.39 Å². The van der Waals surface area contributed by atoms with Crippen molar-refractivity contribution < 1.29 is 4.39 Å². The summed E-state index contributed by atoms with van der Waals surface area (Å²) in [7, 11) is 0. The van der Waals surface area contributed by atoms with Crippen LogP contribution in [0.3, 0.4) is 0 Å². The molecule has 0 radical (unpaired) electrons. The van der Waals surface area contributed by atoms with Crippen LogP contribution in [0.15, 0.2) is 24.3 Å². The van der Waals surface area contributed by atoms with Gasteiger partial charge in [-0.3, -0.25) is 0 Å². The third-order valence-electron chi connectivity index (χ3n) is 7.91. The first kappa shape index (κ1) is 21.8. The zero-order valence-electron chi connectivity index (χ0n) is 18.3. The summed E-state index contributed by atoms with van der Waals surface area (Å²) in [5.41, 5.74) is 1.29. The van der Waals surface area contributed by atoms with Gasteiger partial charge in [-0.2, -0.15) is 0 Å². The standard InChI is InChI=1S/C27H43F/c1-2-3-4-7-22-10-16-25(17-11-22)26-18-12-23(13-19-26)8-5-6-9-24-14-20-27(28)21-15-24/h14-15,20-23,25-26H,2-13,16-19H2,1H3/t22-,23?,25-,26?. The number of hydrogen-bond acceptors (Lipinski definition) is 0. The monoisotopic (exact) mass is 386 g/mol. The summed E-state index contributed by atoms with van der Waals surface area (Å²) in [5.74, 6) is 4.02. The van der Waals surface area contributed by atoms with Crippen LogP contribution in [-0.2, 0) is 6.42 Å². The van der Waals surface area contributed by atoms with E-state index in [4.69, 9.17) is 0 Å². The van der Waals surface area contributed by atoms with Crippen molar-refractivity contribution in [1.29, 1.82) is 0 Å². The van der Waals surface area contributed by atoms with E-state index in [9.17, 15) is 4.39 Å². The quantitative estimate of drug-likeness (QED) is 0.353. The van der Waals surface area contributed by atoms with Crippen LogP contribution in [-0.4, -0.2) is 0 Å². The summed E-state index contributed by atoms with van der Waals surface area (Å²) < 4.78 is 13.0. The molecule has 2 aliphatic rings. The molecule has 0 aromatic heterocycles.